The average molecular weight is 302 g/mol. The minimum Gasteiger partial charge on any atom is -0.453 e. The number of rotatable bonds is 2. The molecule has 0 radical (unpaired) electrons. The molecule has 1 aliphatic heterocycles. The molecule has 3 nitrogen and oxygen atoms in total. The standard InChI is InChI=1S/C20H18N2O/c1-2-14-7-12-18-20(13-14)23-19-6-4-3-5-17(19)22(18)16-10-8-15(21)9-11-16/h3-13H,2,21H2,1H3. The Morgan fingerprint density at radius 3 is 2.39 bits per heavy atom. The van der Waals surface area contributed by atoms with Crippen LogP contribution in [0, 0.1) is 0 Å². The van der Waals surface area contributed by atoms with Gasteiger partial charge in [0, 0.05) is 11.4 Å². The number of nitrogens with zero attached hydrogens (tertiary/aromatic N) is 1. The number of hydrogen-bond donors (Lipinski definition) is 1. The van der Waals surface area contributed by atoms with Crippen LogP contribution in [0.4, 0.5) is 22.7 Å². The van der Waals surface area contributed by atoms with E-state index in [9.17, 15) is 0 Å². The van der Waals surface area contributed by atoms with Crippen molar-refractivity contribution in [2.75, 3.05) is 10.6 Å². The number of anilines is 4. The molecule has 0 saturated heterocycles. The molecule has 0 unspecified atom stereocenters. The van der Waals surface area contributed by atoms with Crippen LogP contribution < -0.4 is 15.4 Å². The van der Waals surface area contributed by atoms with Gasteiger partial charge in [0.15, 0.2) is 11.5 Å². The second-order valence-electron chi connectivity index (χ2n) is 5.65. The third-order valence-electron chi connectivity index (χ3n) is 4.15. The first kappa shape index (κ1) is 13.7. The normalized spacial score (nSPS) is 12.3. The van der Waals surface area contributed by atoms with Crippen molar-refractivity contribution < 1.29 is 4.74 Å². The molecule has 23 heavy (non-hydrogen) atoms. The lowest BCUT2D eigenvalue weighted by Crippen LogP contribution is -2.15. The molecule has 2 N–H and O–H groups in total. The summed E-state index contributed by atoms with van der Waals surface area (Å²) in [6.07, 6.45) is 0.986. The Balaban J connectivity index is 1.92. The second kappa shape index (κ2) is 5.36. The molecule has 0 saturated carbocycles. The van der Waals surface area contributed by atoms with Crippen LogP contribution in [0.5, 0.6) is 11.5 Å². The number of ether oxygens (including phenoxy) is 1. The number of hydrogen-bond acceptors (Lipinski definition) is 3. The predicted octanol–water partition coefficient (Wildman–Crippen LogP) is 5.41. The highest BCUT2D eigenvalue weighted by Crippen LogP contribution is 2.50. The van der Waals surface area contributed by atoms with E-state index in [2.05, 4.69) is 36.1 Å². The molecule has 0 bridgehead atoms. The maximum absolute atomic E-state index is 6.13. The van der Waals surface area contributed by atoms with Gasteiger partial charge in [0.05, 0.1) is 11.4 Å². The van der Waals surface area contributed by atoms with E-state index in [0.717, 1.165) is 40.7 Å². The van der Waals surface area contributed by atoms with Gasteiger partial charge in [-0.1, -0.05) is 25.1 Å². The summed E-state index contributed by atoms with van der Waals surface area (Å²) < 4.78 is 6.13. The summed E-state index contributed by atoms with van der Waals surface area (Å²) in [7, 11) is 0. The van der Waals surface area contributed by atoms with Gasteiger partial charge in [-0.3, -0.25) is 0 Å². The molecule has 1 heterocycles. The minimum absolute atomic E-state index is 0.761. The molecule has 4 rings (SSSR count). The van der Waals surface area contributed by atoms with Crippen LogP contribution >= 0.6 is 0 Å². The molecule has 0 amide bonds. The van der Waals surface area contributed by atoms with Crippen molar-refractivity contribution in [3.8, 4) is 11.5 Å². The molecule has 0 fully saturated rings. The second-order valence-corrected chi connectivity index (χ2v) is 5.65. The highest BCUT2D eigenvalue weighted by molar-refractivity contribution is 5.86. The van der Waals surface area contributed by atoms with E-state index in [1.165, 1.54) is 5.56 Å². The number of nitrogen functional groups attached to an aromatic ring is 1. The zero-order valence-electron chi connectivity index (χ0n) is 13.0. The fourth-order valence-corrected chi connectivity index (χ4v) is 2.92. The van der Waals surface area contributed by atoms with E-state index < -0.39 is 0 Å². The van der Waals surface area contributed by atoms with Gasteiger partial charge in [-0.15, -0.1) is 0 Å². The summed E-state index contributed by atoms with van der Waals surface area (Å²) in [6.45, 7) is 2.15. The summed E-state index contributed by atoms with van der Waals surface area (Å²) >= 11 is 0. The monoisotopic (exact) mass is 302 g/mol. The Hall–Kier alpha value is -2.94. The van der Waals surface area contributed by atoms with Crippen LogP contribution in [0.2, 0.25) is 0 Å². The SMILES string of the molecule is CCc1ccc2c(c1)Oc1ccccc1N2c1ccc(N)cc1. The third-order valence-corrected chi connectivity index (χ3v) is 4.15. The maximum Gasteiger partial charge on any atom is 0.151 e. The van der Waals surface area contributed by atoms with Gasteiger partial charge in [-0.25, -0.2) is 0 Å². The van der Waals surface area contributed by atoms with E-state index in [-0.39, 0.29) is 0 Å². The fraction of sp³-hybridized carbons (Fsp3) is 0.100. The van der Waals surface area contributed by atoms with Crippen molar-refractivity contribution >= 4 is 22.7 Å². The Morgan fingerprint density at radius 2 is 1.61 bits per heavy atom. The summed E-state index contributed by atoms with van der Waals surface area (Å²) in [5.41, 5.74) is 11.0. The van der Waals surface area contributed by atoms with E-state index >= 15 is 0 Å². The zero-order valence-corrected chi connectivity index (χ0v) is 13.0. The number of aryl methyl sites for hydroxylation is 1. The number of para-hydroxylation sites is 2. The molecule has 3 aromatic carbocycles. The molecule has 114 valence electrons. The third kappa shape index (κ3) is 2.30. The molecule has 0 aliphatic carbocycles. The predicted molar refractivity (Wildman–Crippen MR) is 95.0 cm³/mol. The van der Waals surface area contributed by atoms with Crippen molar-refractivity contribution in [2.45, 2.75) is 13.3 Å². The molecule has 1 aliphatic rings. The van der Waals surface area contributed by atoms with E-state index in [1.54, 1.807) is 0 Å². The number of nitrogens with two attached hydrogens (primary N) is 1. The first-order chi connectivity index (χ1) is 11.3. The van der Waals surface area contributed by atoms with Crippen molar-refractivity contribution in [1.29, 1.82) is 0 Å². The molecule has 0 aromatic heterocycles. The van der Waals surface area contributed by atoms with Crippen LogP contribution in [-0.2, 0) is 6.42 Å². The lowest BCUT2D eigenvalue weighted by Gasteiger charge is -2.33. The first-order valence-corrected chi connectivity index (χ1v) is 7.82. The first-order valence-electron chi connectivity index (χ1n) is 7.82. The Labute approximate surface area is 135 Å². The smallest absolute Gasteiger partial charge is 0.151 e. The van der Waals surface area contributed by atoms with Crippen molar-refractivity contribution in [2.24, 2.45) is 0 Å². The number of benzene rings is 3. The molecule has 3 heteroatoms. The lowest BCUT2D eigenvalue weighted by molar-refractivity contribution is 0.476. The Morgan fingerprint density at radius 1 is 0.870 bits per heavy atom. The number of fused-ring (bicyclic) bond motifs is 2. The van der Waals surface area contributed by atoms with Gasteiger partial charge in [0.25, 0.3) is 0 Å². The van der Waals surface area contributed by atoms with Gasteiger partial charge in [0.2, 0.25) is 0 Å². The minimum atomic E-state index is 0.761. The van der Waals surface area contributed by atoms with Crippen LogP contribution in [0.3, 0.4) is 0 Å². The highest BCUT2D eigenvalue weighted by Gasteiger charge is 2.25. The highest BCUT2D eigenvalue weighted by atomic mass is 16.5. The lowest BCUT2D eigenvalue weighted by atomic mass is 10.1. The van der Waals surface area contributed by atoms with E-state index in [1.807, 2.05) is 42.5 Å². The summed E-state index contributed by atoms with van der Waals surface area (Å²) in [5.74, 6) is 1.75. The van der Waals surface area contributed by atoms with Crippen molar-refractivity contribution in [1.82, 2.24) is 0 Å². The Bertz CT molecular complexity index is 856. The van der Waals surface area contributed by atoms with Gasteiger partial charge in [-0.05, 0) is 60.5 Å². The van der Waals surface area contributed by atoms with Crippen molar-refractivity contribution in [3.63, 3.8) is 0 Å². The van der Waals surface area contributed by atoms with Crippen LogP contribution in [0.25, 0.3) is 0 Å². The van der Waals surface area contributed by atoms with Gasteiger partial charge in [-0.2, -0.15) is 0 Å². The van der Waals surface area contributed by atoms with Crippen molar-refractivity contribution in [3.05, 3.63) is 72.3 Å². The molecular formula is C20H18N2O. The largest absolute Gasteiger partial charge is 0.453 e. The molecule has 0 atom stereocenters. The van der Waals surface area contributed by atoms with Crippen LogP contribution in [0.15, 0.2) is 66.7 Å². The summed E-state index contributed by atoms with van der Waals surface area (Å²) in [6, 6.07) is 22.4. The summed E-state index contributed by atoms with van der Waals surface area (Å²) in [4.78, 5) is 2.22. The van der Waals surface area contributed by atoms with E-state index in [0.29, 0.717) is 0 Å². The zero-order chi connectivity index (χ0) is 15.8. The molecular weight excluding hydrogens is 284 g/mol. The Kier molecular flexibility index (Phi) is 3.19. The van der Waals surface area contributed by atoms with Crippen LogP contribution in [0.1, 0.15) is 12.5 Å². The summed E-state index contributed by atoms with van der Waals surface area (Å²) in [5, 5.41) is 0. The van der Waals surface area contributed by atoms with Crippen LogP contribution in [-0.4, -0.2) is 0 Å². The fourth-order valence-electron chi connectivity index (χ4n) is 2.92. The van der Waals surface area contributed by atoms with E-state index in [4.69, 9.17) is 10.5 Å². The van der Waals surface area contributed by atoms with Gasteiger partial charge < -0.3 is 15.4 Å². The van der Waals surface area contributed by atoms with Gasteiger partial charge >= 0.3 is 0 Å². The molecule has 3 aromatic rings. The quantitative estimate of drug-likeness (QED) is 0.503. The topological polar surface area (TPSA) is 38.5 Å². The van der Waals surface area contributed by atoms with Gasteiger partial charge in [0.1, 0.15) is 0 Å². The maximum atomic E-state index is 6.13. The average Bonchev–Trinajstić information content (AvgIpc) is 2.60. The molecule has 0 spiro atoms.